The van der Waals surface area contributed by atoms with Crippen LogP contribution in [0.15, 0.2) is 12.1 Å². The van der Waals surface area contributed by atoms with Crippen molar-refractivity contribution in [3.05, 3.63) is 29.6 Å². The van der Waals surface area contributed by atoms with Crippen LogP contribution in [0, 0.1) is 17.5 Å². The first-order valence-corrected chi connectivity index (χ1v) is 5.58. The molecule has 0 radical (unpaired) electrons. The van der Waals surface area contributed by atoms with Gasteiger partial charge in [0, 0.05) is 17.8 Å². The SMILES string of the molecule is CCCCOC(=O)CNc1cc(F)c(F)c(F)c1. The standard InChI is InChI=1S/C12H14F3NO2/c1-2-3-4-18-11(17)7-16-8-5-9(13)12(15)10(14)6-8/h5-6,16H,2-4,7H2,1H3. The molecule has 1 N–H and O–H groups in total. The molecule has 0 fully saturated rings. The summed E-state index contributed by atoms with van der Waals surface area (Å²) in [5, 5.41) is 2.46. The highest BCUT2D eigenvalue weighted by Gasteiger charge is 2.11. The molecule has 1 rings (SSSR count). The molecule has 0 heterocycles. The summed E-state index contributed by atoms with van der Waals surface area (Å²) in [6, 6.07) is 1.55. The minimum atomic E-state index is -1.54. The molecule has 0 aromatic heterocycles. The third-order valence-electron chi connectivity index (χ3n) is 2.18. The van der Waals surface area contributed by atoms with Gasteiger partial charge in [0.25, 0.3) is 0 Å². The molecule has 0 unspecified atom stereocenters. The molecule has 0 aliphatic rings. The first kappa shape index (κ1) is 14.3. The van der Waals surface area contributed by atoms with E-state index in [9.17, 15) is 18.0 Å². The minimum Gasteiger partial charge on any atom is -0.464 e. The van der Waals surface area contributed by atoms with Gasteiger partial charge in [0.05, 0.1) is 6.61 Å². The summed E-state index contributed by atoms with van der Waals surface area (Å²) in [5.74, 6) is -4.69. The van der Waals surface area contributed by atoms with Crippen molar-refractivity contribution in [3.63, 3.8) is 0 Å². The number of hydrogen-bond donors (Lipinski definition) is 1. The van der Waals surface area contributed by atoms with Gasteiger partial charge in [-0.15, -0.1) is 0 Å². The number of rotatable bonds is 6. The first-order chi connectivity index (χ1) is 8.54. The molecule has 0 aliphatic heterocycles. The highest BCUT2D eigenvalue weighted by Crippen LogP contribution is 2.16. The second-order valence-electron chi connectivity index (χ2n) is 3.68. The Kier molecular flexibility index (Phi) is 5.48. The van der Waals surface area contributed by atoms with Crippen LogP contribution in [-0.2, 0) is 9.53 Å². The molecule has 0 atom stereocenters. The molecule has 1 aromatic carbocycles. The van der Waals surface area contributed by atoms with E-state index in [4.69, 9.17) is 4.74 Å². The topological polar surface area (TPSA) is 38.3 Å². The first-order valence-electron chi connectivity index (χ1n) is 5.58. The molecule has 6 heteroatoms. The van der Waals surface area contributed by atoms with Crippen molar-refractivity contribution in [1.82, 2.24) is 0 Å². The Morgan fingerprint density at radius 2 is 1.89 bits per heavy atom. The molecule has 1 aromatic rings. The molecule has 0 spiro atoms. The van der Waals surface area contributed by atoms with Gasteiger partial charge in [0.2, 0.25) is 0 Å². The van der Waals surface area contributed by atoms with E-state index in [1.54, 1.807) is 0 Å². The lowest BCUT2D eigenvalue weighted by Gasteiger charge is -2.07. The van der Waals surface area contributed by atoms with E-state index >= 15 is 0 Å². The Morgan fingerprint density at radius 3 is 2.44 bits per heavy atom. The predicted molar refractivity (Wildman–Crippen MR) is 60.7 cm³/mol. The third kappa shape index (κ3) is 4.27. The number of anilines is 1. The lowest BCUT2D eigenvalue weighted by molar-refractivity contribution is -0.141. The van der Waals surface area contributed by atoms with Crippen LogP contribution in [0.4, 0.5) is 18.9 Å². The summed E-state index contributed by atoms with van der Waals surface area (Å²) in [7, 11) is 0. The smallest absolute Gasteiger partial charge is 0.325 e. The quantitative estimate of drug-likeness (QED) is 0.486. The van der Waals surface area contributed by atoms with Gasteiger partial charge in [-0.3, -0.25) is 4.79 Å². The van der Waals surface area contributed by atoms with Crippen LogP contribution < -0.4 is 5.32 Å². The zero-order valence-electron chi connectivity index (χ0n) is 9.93. The lowest BCUT2D eigenvalue weighted by atomic mass is 10.3. The maximum Gasteiger partial charge on any atom is 0.325 e. The average molecular weight is 261 g/mol. The summed E-state index contributed by atoms with van der Waals surface area (Å²) in [4.78, 5) is 11.2. The van der Waals surface area contributed by atoms with E-state index < -0.39 is 23.4 Å². The van der Waals surface area contributed by atoms with Crippen molar-refractivity contribution in [2.24, 2.45) is 0 Å². The number of esters is 1. The number of hydrogen-bond acceptors (Lipinski definition) is 3. The number of ether oxygens (including phenoxy) is 1. The molecule has 0 bridgehead atoms. The van der Waals surface area contributed by atoms with E-state index in [1.165, 1.54) is 0 Å². The minimum absolute atomic E-state index is 0.0150. The Hall–Kier alpha value is -1.72. The maximum atomic E-state index is 12.8. The Labute approximate surface area is 103 Å². The second kappa shape index (κ2) is 6.88. The highest BCUT2D eigenvalue weighted by atomic mass is 19.2. The normalized spacial score (nSPS) is 10.2. The number of carbonyl (C=O) groups excluding carboxylic acids is 1. The summed E-state index contributed by atoms with van der Waals surface area (Å²) >= 11 is 0. The van der Waals surface area contributed by atoms with Gasteiger partial charge in [0.15, 0.2) is 17.5 Å². The summed E-state index contributed by atoms with van der Waals surface area (Å²) in [5.41, 5.74) is -0.0150. The van der Waals surface area contributed by atoms with Gasteiger partial charge in [-0.05, 0) is 6.42 Å². The van der Waals surface area contributed by atoms with Crippen LogP contribution in [-0.4, -0.2) is 19.1 Å². The molecule has 18 heavy (non-hydrogen) atoms. The van der Waals surface area contributed by atoms with Gasteiger partial charge >= 0.3 is 5.97 Å². The predicted octanol–water partition coefficient (Wildman–Crippen LogP) is 2.86. The van der Waals surface area contributed by atoms with E-state index in [1.807, 2.05) is 6.92 Å². The van der Waals surface area contributed by atoms with Crippen molar-refractivity contribution in [2.45, 2.75) is 19.8 Å². The third-order valence-corrected chi connectivity index (χ3v) is 2.18. The summed E-state index contributed by atoms with van der Waals surface area (Å²) < 4.78 is 43.2. The second-order valence-corrected chi connectivity index (χ2v) is 3.68. The zero-order chi connectivity index (χ0) is 13.5. The van der Waals surface area contributed by atoms with Gasteiger partial charge < -0.3 is 10.1 Å². The Balaban J connectivity index is 2.46. The van der Waals surface area contributed by atoms with Crippen LogP contribution in [0.25, 0.3) is 0 Å². The summed E-state index contributed by atoms with van der Waals surface area (Å²) in [6.45, 7) is 2.04. The lowest BCUT2D eigenvalue weighted by Crippen LogP contribution is -2.17. The van der Waals surface area contributed by atoms with Gasteiger partial charge in [-0.1, -0.05) is 13.3 Å². The van der Waals surface area contributed by atoms with Crippen LogP contribution in [0.5, 0.6) is 0 Å². The van der Waals surface area contributed by atoms with Crippen LogP contribution in [0.2, 0.25) is 0 Å². The van der Waals surface area contributed by atoms with Gasteiger partial charge in [-0.2, -0.15) is 0 Å². The number of benzene rings is 1. The fourth-order valence-electron chi connectivity index (χ4n) is 1.21. The van der Waals surface area contributed by atoms with Crippen LogP contribution in [0.3, 0.4) is 0 Å². The Bertz CT molecular complexity index is 401. The molecule has 0 aliphatic carbocycles. The fraction of sp³-hybridized carbons (Fsp3) is 0.417. The number of unbranched alkanes of at least 4 members (excludes halogenated alkanes) is 1. The molecular weight excluding hydrogens is 247 g/mol. The van der Waals surface area contributed by atoms with Crippen LogP contribution >= 0.6 is 0 Å². The number of nitrogens with one attached hydrogen (secondary N) is 1. The van der Waals surface area contributed by atoms with Crippen molar-refractivity contribution in [1.29, 1.82) is 0 Å². The molecule has 0 saturated carbocycles. The van der Waals surface area contributed by atoms with E-state index in [-0.39, 0.29) is 12.2 Å². The number of carbonyl (C=O) groups is 1. The van der Waals surface area contributed by atoms with Crippen LogP contribution in [0.1, 0.15) is 19.8 Å². The fourth-order valence-corrected chi connectivity index (χ4v) is 1.21. The van der Waals surface area contributed by atoms with E-state index in [2.05, 4.69) is 5.32 Å². The van der Waals surface area contributed by atoms with Crippen molar-refractivity contribution >= 4 is 11.7 Å². The average Bonchev–Trinajstić information content (AvgIpc) is 2.33. The number of halogens is 3. The van der Waals surface area contributed by atoms with E-state index in [0.29, 0.717) is 6.61 Å². The maximum absolute atomic E-state index is 12.8. The molecule has 0 saturated heterocycles. The molecule has 0 amide bonds. The monoisotopic (exact) mass is 261 g/mol. The molecule has 100 valence electrons. The van der Waals surface area contributed by atoms with Crippen molar-refractivity contribution < 1.29 is 22.7 Å². The molecular formula is C12H14F3NO2. The van der Waals surface area contributed by atoms with Gasteiger partial charge in [-0.25, -0.2) is 13.2 Å². The summed E-state index contributed by atoms with van der Waals surface area (Å²) in [6.07, 6.45) is 1.65. The Morgan fingerprint density at radius 1 is 1.28 bits per heavy atom. The highest BCUT2D eigenvalue weighted by molar-refractivity contribution is 5.74. The largest absolute Gasteiger partial charge is 0.464 e. The van der Waals surface area contributed by atoms with Gasteiger partial charge in [0.1, 0.15) is 6.54 Å². The molecule has 3 nitrogen and oxygen atoms in total. The zero-order valence-corrected chi connectivity index (χ0v) is 9.93. The van der Waals surface area contributed by atoms with E-state index in [0.717, 1.165) is 25.0 Å². The van der Waals surface area contributed by atoms with Crippen molar-refractivity contribution in [2.75, 3.05) is 18.5 Å². The van der Waals surface area contributed by atoms with Crippen molar-refractivity contribution in [3.8, 4) is 0 Å².